The van der Waals surface area contributed by atoms with Crippen LogP contribution in [0.25, 0.3) is 0 Å². The summed E-state index contributed by atoms with van der Waals surface area (Å²) in [5.41, 5.74) is 2.51. The van der Waals surface area contributed by atoms with Crippen molar-refractivity contribution in [2.45, 2.75) is 40.0 Å². The Morgan fingerprint density at radius 1 is 1.06 bits per heavy atom. The quantitative estimate of drug-likeness (QED) is 0.758. The summed E-state index contributed by atoms with van der Waals surface area (Å²) in [7, 11) is 0. The summed E-state index contributed by atoms with van der Waals surface area (Å²) in [5.74, 6) is 0. The molecule has 0 heterocycles. The Hall–Kier alpha value is -1.02. The average Bonchev–Trinajstić information content (AvgIpc) is 2.41. The van der Waals surface area contributed by atoms with E-state index in [-0.39, 0.29) is 12.0 Å². The van der Waals surface area contributed by atoms with Crippen molar-refractivity contribution in [1.82, 2.24) is 0 Å². The normalized spacial score (nSPS) is 11.5. The van der Waals surface area contributed by atoms with Crippen molar-refractivity contribution in [2.24, 2.45) is 5.41 Å². The molecule has 0 bridgehead atoms. The van der Waals surface area contributed by atoms with Gasteiger partial charge < -0.3 is 10.4 Å². The van der Waals surface area contributed by atoms with Gasteiger partial charge in [0.05, 0.1) is 6.61 Å². The molecule has 0 aromatic heterocycles. The first-order valence-corrected chi connectivity index (χ1v) is 6.63. The molecule has 0 atom stereocenters. The highest BCUT2D eigenvalue weighted by atomic mass is 16.3. The number of aliphatic hydroxyl groups excluding tert-OH is 1. The Labute approximate surface area is 105 Å². The number of aliphatic hydroxyl groups is 1. The third-order valence-electron chi connectivity index (χ3n) is 3.87. The molecule has 1 aromatic rings. The van der Waals surface area contributed by atoms with E-state index in [0.717, 1.165) is 31.5 Å². The van der Waals surface area contributed by atoms with Crippen LogP contribution in [-0.4, -0.2) is 18.3 Å². The minimum atomic E-state index is 0.0173. The number of rotatable bonds is 7. The van der Waals surface area contributed by atoms with E-state index in [9.17, 15) is 5.11 Å². The summed E-state index contributed by atoms with van der Waals surface area (Å²) in [6, 6.07) is 8.54. The molecule has 0 fully saturated rings. The van der Waals surface area contributed by atoms with E-state index in [0.29, 0.717) is 0 Å². The van der Waals surface area contributed by atoms with Gasteiger partial charge in [-0.2, -0.15) is 0 Å². The lowest BCUT2D eigenvalue weighted by atomic mass is 9.83. The maximum atomic E-state index is 9.50. The predicted molar refractivity (Wildman–Crippen MR) is 74.4 cm³/mol. The standard InChI is InChI=1S/C15H25NO/c1-4-13-7-9-14(10-8-13)16-11-15(5-2,6-3)12-17/h7-10,16-17H,4-6,11-12H2,1-3H3. The van der Waals surface area contributed by atoms with Crippen LogP contribution in [0.5, 0.6) is 0 Å². The highest BCUT2D eigenvalue weighted by Gasteiger charge is 2.24. The van der Waals surface area contributed by atoms with Crippen molar-refractivity contribution in [1.29, 1.82) is 0 Å². The molecule has 2 heteroatoms. The summed E-state index contributed by atoms with van der Waals surface area (Å²) in [4.78, 5) is 0. The minimum absolute atomic E-state index is 0.0173. The van der Waals surface area contributed by atoms with Crippen LogP contribution in [-0.2, 0) is 6.42 Å². The molecule has 0 aliphatic rings. The van der Waals surface area contributed by atoms with E-state index in [1.807, 2.05) is 0 Å². The van der Waals surface area contributed by atoms with Gasteiger partial charge >= 0.3 is 0 Å². The number of nitrogens with one attached hydrogen (secondary N) is 1. The molecule has 0 unspecified atom stereocenters. The van der Waals surface area contributed by atoms with E-state index >= 15 is 0 Å². The molecule has 0 aliphatic heterocycles. The summed E-state index contributed by atoms with van der Waals surface area (Å²) < 4.78 is 0. The molecule has 96 valence electrons. The van der Waals surface area contributed by atoms with Gasteiger partial charge in [-0.15, -0.1) is 0 Å². The topological polar surface area (TPSA) is 32.3 Å². The van der Waals surface area contributed by atoms with E-state index in [1.54, 1.807) is 0 Å². The van der Waals surface area contributed by atoms with Crippen molar-refractivity contribution in [3.8, 4) is 0 Å². The van der Waals surface area contributed by atoms with Crippen molar-refractivity contribution < 1.29 is 5.11 Å². The average molecular weight is 235 g/mol. The number of aryl methyl sites for hydroxylation is 1. The van der Waals surface area contributed by atoms with Gasteiger partial charge in [0, 0.05) is 17.6 Å². The molecule has 2 nitrogen and oxygen atoms in total. The molecule has 0 saturated heterocycles. The van der Waals surface area contributed by atoms with Crippen molar-refractivity contribution in [3.05, 3.63) is 29.8 Å². The zero-order chi connectivity index (χ0) is 12.7. The Bertz CT molecular complexity index is 306. The number of hydrogen-bond acceptors (Lipinski definition) is 2. The first kappa shape index (κ1) is 14.0. The van der Waals surface area contributed by atoms with Gasteiger partial charge in [0.1, 0.15) is 0 Å². The first-order chi connectivity index (χ1) is 8.19. The third kappa shape index (κ3) is 3.74. The van der Waals surface area contributed by atoms with E-state index in [1.165, 1.54) is 5.56 Å². The van der Waals surface area contributed by atoms with Crippen molar-refractivity contribution >= 4 is 5.69 Å². The van der Waals surface area contributed by atoms with Crippen molar-refractivity contribution in [2.75, 3.05) is 18.5 Å². The fraction of sp³-hybridized carbons (Fsp3) is 0.600. The molecule has 17 heavy (non-hydrogen) atoms. The van der Waals surface area contributed by atoms with E-state index < -0.39 is 0 Å². The highest BCUT2D eigenvalue weighted by Crippen LogP contribution is 2.26. The lowest BCUT2D eigenvalue weighted by molar-refractivity contribution is 0.127. The van der Waals surface area contributed by atoms with Gasteiger partial charge in [0.25, 0.3) is 0 Å². The number of anilines is 1. The van der Waals surface area contributed by atoms with Gasteiger partial charge in [-0.1, -0.05) is 32.9 Å². The van der Waals surface area contributed by atoms with Gasteiger partial charge in [-0.3, -0.25) is 0 Å². The molecule has 0 saturated carbocycles. The molecular formula is C15H25NO. The smallest absolute Gasteiger partial charge is 0.0504 e. The van der Waals surface area contributed by atoms with Crippen LogP contribution in [0.3, 0.4) is 0 Å². The van der Waals surface area contributed by atoms with E-state index in [4.69, 9.17) is 0 Å². The summed E-state index contributed by atoms with van der Waals surface area (Å²) in [5, 5.41) is 12.9. The second-order valence-electron chi connectivity index (χ2n) is 4.77. The molecule has 2 N–H and O–H groups in total. The zero-order valence-corrected chi connectivity index (χ0v) is 11.3. The maximum Gasteiger partial charge on any atom is 0.0504 e. The largest absolute Gasteiger partial charge is 0.396 e. The fourth-order valence-electron chi connectivity index (χ4n) is 1.93. The second-order valence-corrected chi connectivity index (χ2v) is 4.77. The Kier molecular flexibility index (Phi) is 5.49. The molecule has 1 rings (SSSR count). The van der Waals surface area contributed by atoms with Crippen LogP contribution >= 0.6 is 0 Å². The summed E-state index contributed by atoms with van der Waals surface area (Å²) >= 11 is 0. The van der Waals surface area contributed by atoms with Gasteiger partial charge in [0.15, 0.2) is 0 Å². The molecule has 1 aromatic carbocycles. The Balaban J connectivity index is 2.59. The Morgan fingerprint density at radius 2 is 1.65 bits per heavy atom. The first-order valence-electron chi connectivity index (χ1n) is 6.63. The SMILES string of the molecule is CCc1ccc(NCC(CC)(CC)CO)cc1. The lowest BCUT2D eigenvalue weighted by Crippen LogP contribution is -2.32. The molecule has 0 aliphatic carbocycles. The summed E-state index contributed by atoms with van der Waals surface area (Å²) in [6.07, 6.45) is 3.07. The monoisotopic (exact) mass is 235 g/mol. The highest BCUT2D eigenvalue weighted by molar-refractivity contribution is 5.44. The zero-order valence-electron chi connectivity index (χ0n) is 11.3. The molecular weight excluding hydrogens is 210 g/mol. The summed E-state index contributed by atoms with van der Waals surface area (Å²) in [6.45, 7) is 7.53. The van der Waals surface area contributed by atoms with Crippen LogP contribution in [0.15, 0.2) is 24.3 Å². The number of benzene rings is 1. The third-order valence-corrected chi connectivity index (χ3v) is 3.87. The van der Waals surface area contributed by atoms with E-state index in [2.05, 4.69) is 50.4 Å². The van der Waals surface area contributed by atoms with Crippen LogP contribution in [0.2, 0.25) is 0 Å². The van der Waals surface area contributed by atoms with Gasteiger partial charge in [-0.25, -0.2) is 0 Å². The van der Waals surface area contributed by atoms with Crippen molar-refractivity contribution in [3.63, 3.8) is 0 Å². The second kappa shape index (κ2) is 6.65. The molecule has 0 spiro atoms. The maximum absolute atomic E-state index is 9.50. The number of hydrogen-bond donors (Lipinski definition) is 2. The van der Waals surface area contributed by atoms with Crippen LogP contribution in [0.4, 0.5) is 5.69 Å². The van der Waals surface area contributed by atoms with Crippen LogP contribution in [0.1, 0.15) is 39.2 Å². The van der Waals surface area contributed by atoms with Gasteiger partial charge in [0.2, 0.25) is 0 Å². The molecule has 0 amide bonds. The predicted octanol–water partition coefficient (Wildman–Crippen LogP) is 3.46. The fourth-order valence-corrected chi connectivity index (χ4v) is 1.93. The van der Waals surface area contributed by atoms with Gasteiger partial charge in [-0.05, 0) is 37.0 Å². The Morgan fingerprint density at radius 3 is 2.06 bits per heavy atom. The van der Waals surface area contributed by atoms with Crippen LogP contribution in [0, 0.1) is 5.41 Å². The van der Waals surface area contributed by atoms with Crippen LogP contribution < -0.4 is 5.32 Å². The minimum Gasteiger partial charge on any atom is -0.396 e. The lowest BCUT2D eigenvalue weighted by Gasteiger charge is -2.30. The molecule has 0 radical (unpaired) electrons.